The van der Waals surface area contributed by atoms with Gasteiger partial charge in [0.15, 0.2) is 41.1 Å². The molecule has 0 radical (unpaired) electrons. The first-order valence-electron chi connectivity index (χ1n) is 29.2. The molecule has 1 unspecified atom stereocenters. The molecule has 0 aliphatic heterocycles. The quantitative estimate of drug-likeness (QED) is 0.0282. The molecule has 0 bridgehead atoms. The summed E-state index contributed by atoms with van der Waals surface area (Å²) < 4.78 is 62.8. The van der Waals surface area contributed by atoms with Crippen molar-refractivity contribution in [2.45, 2.75) is 39.5 Å². The SMILES string of the molecule is CCC(C)C(=O)OCC(=O)Oc1cc2c(cc1OC(=O)c1ccc(OC)cc1)Cc1c3c(c4c(c1-2)Cc1cc(OC(=O)c2ccc(OC)cc2)c(OC(=O)c2ccc(OC)cc2)cc1-4)Cc1cc(OC(=O)c2ccc(OC)cc2)c(OOc2ccc(OC)cc2)cc1-3. The third-order valence-electron chi connectivity index (χ3n) is 16.2. The average molecular weight is 1240 g/mol. The van der Waals surface area contributed by atoms with Crippen LogP contribution in [-0.4, -0.2) is 78.0 Å². The van der Waals surface area contributed by atoms with E-state index in [0.717, 1.165) is 38.9 Å². The fraction of sp³-hybridized carbons (Fsp3) is 0.178. The summed E-state index contributed by atoms with van der Waals surface area (Å²) in [7, 11) is 7.58. The Hall–Kier alpha value is -11.6. The van der Waals surface area contributed by atoms with Crippen LogP contribution >= 0.6 is 0 Å². The lowest BCUT2D eigenvalue weighted by Crippen LogP contribution is -2.22. The lowest BCUT2D eigenvalue weighted by molar-refractivity contribution is -0.156. The number of benzene rings is 9. The van der Waals surface area contributed by atoms with E-state index in [2.05, 4.69) is 0 Å². The van der Waals surface area contributed by atoms with Gasteiger partial charge in [0.25, 0.3) is 0 Å². The Bertz CT molecular complexity index is 4400. The van der Waals surface area contributed by atoms with Crippen LogP contribution in [0.2, 0.25) is 0 Å². The van der Waals surface area contributed by atoms with Gasteiger partial charge in [-0.05, 0) is 250 Å². The van der Waals surface area contributed by atoms with Crippen molar-refractivity contribution in [2.75, 3.05) is 42.2 Å². The molecule has 19 nitrogen and oxygen atoms in total. The zero-order valence-electron chi connectivity index (χ0n) is 50.9. The second-order valence-corrected chi connectivity index (χ2v) is 21.7. The second kappa shape index (κ2) is 25.9. The predicted octanol–water partition coefficient (Wildman–Crippen LogP) is 13.2. The van der Waals surface area contributed by atoms with Crippen molar-refractivity contribution in [1.82, 2.24) is 0 Å². The number of fused-ring (bicyclic) bond motifs is 12. The fourth-order valence-electron chi connectivity index (χ4n) is 11.3. The van der Waals surface area contributed by atoms with Crippen LogP contribution in [0.1, 0.15) is 95.1 Å². The van der Waals surface area contributed by atoms with Crippen molar-refractivity contribution < 1.29 is 90.6 Å². The molecule has 0 fully saturated rings. The summed E-state index contributed by atoms with van der Waals surface area (Å²) in [5, 5.41) is 0. The minimum Gasteiger partial charge on any atom is -0.497 e. The van der Waals surface area contributed by atoms with Gasteiger partial charge in [0.05, 0.1) is 63.7 Å². The molecular weight excluding hydrogens is 1180 g/mol. The Kier molecular flexibility index (Phi) is 17.0. The number of carbonyl (C=O) groups excluding carboxylic acids is 6. The van der Waals surface area contributed by atoms with Gasteiger partial charge in [-0.2, -0.15) is 0 Å². The first-order chi connectivity index (χ1) is 44.6. The van der Waals surface area contributed by atoms with E-state index in [9.17, 15) is 28.8 Å². The summed E-state index contributed by atoms with van der Waals surface area (Å²) in [4.78, 5) is 95.3. The van der Waals surface area contributed by atoms with Crippen molar-refractivity contribution in [3.05, 3.63) is 213 Å². The van der Waals surface area contributed by atoms with E-state index < -0.39 is 48.3 Å². The van der Waals surface area contributed by atoms with Gasteiger partial charge in [0, 0.05) is 0 Å². The molecule has 0 N–H and O–H groups in total. The summed E-state index contributed by atoms with van der Waals surface area (Å²) in [5.74, 6) is -2.34. The highest BCUT2D eigenvalue weighted by molar-refractivity contribution is 6.03. The van der Waals surface area contributed by atoms with Crippen LogP contribution < -0.4 is 57.1 Å². The highest BCUT2D eigenvalue weighted by atomic mass is 17.2. The van der Waals surface area contributed by atoms with Crippen molar-refractivity contribution in [1.29, 1.82) is 0 Å². The van der Waals surface area contributed by atoms with Gasteiger partial charge in [-0.25, -0.2) is 24.0 Å². The van der Waals surface area contributed by atoms with Gasteiger partial charge in [0.1, 0.15) is 28.7 Å². The van der Waals surface area contributed by atoms with Crippen LogP contribution in [0.5, 0.6) is 69.0 Å². The number of methoxy groups -OCH3 is 5. The Morgan fingerprint density at radius 1 is 0.359 bits per heavy atom. The van der Waals surface area contributed by atoms with Gasteiger partial charge in [0.2, 0.25) is 5.75 Å². The van der Waals surface area contributed by atoms with Crippen LogP contribution in [0, 0.1) is 5.92 Å². The summed E-state index contributed by atoms with van der Waals surface area (Å²) in [6, 6.07) is 42.2. The van der Waals surface area contributed by atoms with E-state index in [0.29, 0.717) is 68.7 Å². The third-order valence-corrected chi connectivity index (χ3v) is 16.2. The van der Waals surface area contributed by atoms with Crippen LogP contribution in [0.3, 0.4) is 0 Å². The summed E-state index contributed by atoms with van der Waals surface area (Å²) in [5.41, 5.74) is 9.46. The summed E-state index contributed by atoms with van der Waals surface area (Å²) in [6.45, 7) is 2.76. The van der Waals surface area contributed by atoms with E-state index in [4.69, 9.17) is 61.9 Å². The lowest BCUT2D eigenvalue weighted by atomic mass is 9.86. The second-order valence-electron chi connectivity index (χ2n) is 21.7. The summed E-state index contributed by atoms with van der Waals surface area (Å²) >= 11 is 0. The molecule has 0 aromatic heterocycles. The molecule has 0 saturated heterocycles. The molecule has 3 aliphatic carbocycles. The number of esters is 6. The Balaban J connectivity index is 1.04. The smallest absolute Gasteiger partial charge is 0.349 e. The molecule has 9 aromatic rings. The Labute approximate surface area is 527 Å². The van der Waals surface area contributed by atoms with Gasteiger partial charge in [-0.15, -0.1) is 0 Å². The van der Waals surface area contributed by atoms with Crippen LogP contribution in [0.25, 0.3) is 33.4 Å². The molecule has 0 saturated carbocycles. The molecular formula is C73H58O19. The van der Waals surface area contributed by atoms with E-state index in [1.54, 1.807) is 160 Å². The number of hydrogen-bond donors (Lipinski definition) is 0. The topological polar surface area (TPSA) is 222 Å². The molecule has 92 heavy (non-hydrogen) atoms. The maximum absolute atomic E-state index is 14.2. The Morgan fingerprint density at radius 2 is 0.641 bits per heavy atom. The van der Waals surface area contributed by atoms with Crippen molar-refractivity contribution >= 4 is 35.8 Å². The van der Waals surface area contributed by atoms with E-state index in [1.807, 2.05) is 6.92 Å². The zero-order chi connectivity index (χ0) is 64.3. The van der Waals surface area contributed by atoms with Crippen LogP contribution in [0.15, 0.2) is 158 Å². The maximum Gasteiger partial charge on any atom is 0.349 e. The van der Waals surface area contributed by atoms with Crippen molar-refractivity contribution in [2.24, 2.45) is 5.92 Å². The highest BCUT2D eigenvalue weighted by Gasteiger charge is 2.40. The van der Waals surface area contributed by atoms with E-state index in [-0.39, 0.29) is 76.0 Å². The number of hydrogen-bond acceptors (Lipinski definition) is 19. The average Bonchev–Trinajstić information content (AvgIpc) is 1.53. The largest absolute Gasteiger partial charge is 0.497 e. The number of carbonyl (C=O) groups is 6. The molecule has 9 aromatic carbocycles. The first kappa shape index (κ1) is 60.7. The normalized spacial score (nSPS) is 12.0. The van der Waals surface area contributed by atoms with E-state index in [1.165, 1.54) is 40.6 Å². The predicted molar refractivity (Wildman–Crippen MR) is 333 cm³/mol. The molecule has 12 rings (SSSR count). The molecule has 1 atom stereocenters. The van der Waals surface area contributed by atoms with Gasteiger partial charge in [-0.3, -0.25) is 14.6 Å². The number of ether oxygens (including phenoxy) is 11. The van der Waals surface area contributed by atoms with E-state index >= 15 is 0 Å². The van der Waals surface area contributed by atoms with Gasteiger partial charge < -0.3 is 52.1 Å². The number of rotatable bonds is 21. The van der Waals surface area contributed by atoms with Crippen LogP contribution in [0.4, 0.5) is 0 Å². The molecule has 0 heterocycles. The third kappa shape index (κ3) is 12.2. The highest BCUT2D eigenvalue weighted by Crippen LogP contribution is 2.59. The molecule has 3 aliphatic rings. The van der Waals surface area contributed by atoms with Crippen molar-refractivity contribution in [3.8, 4) is 102 Å². The molecule has 0 spiro atoms. The fourth-order valence-corrected chi connectivity index (χ4v) is 11.3. The van der Waals surface area contributed by atoms with Crippen LogP contribution in [-0.2, 0) is 33.6 Å². The molecule has 464 valence electrons. The minimum atomic E-state index is -0.941. The first-order valence-corrected chi connectivity index (χ1v) is 29.2. The standard InChI is InChI=1S/C73H58O19/c1-8-39(2)69(75)85-38-65(74)86-62-35-53-44(32-59(62)87-70(76)40-9-17-47(80-3)18-10-40)29-57-66(53)56-30-45-33-60(88-71(77)41-11-19-48(81-4)20-12-41)63(90-73(79)43-15-23-50(83-6)24-16-43)36-54(45)67(56)58-31-46-34-61(89-72(78)42-13-21-49(82-5)22-14-42)64(37-55(46)68(57)58)92-91-52-27-25-51(84-7)26-28-52/h9-28,32-37,39H,8,29-31,38H2,1-7H3. The van der Waals surface area contributed by atoms with Gasteiger partial charge >= 0.3 is 35.8 Å². The molecule has 0 amide bonds. The van der Waals surface area contributed by atoms with Gasteiger partial charge in [-0.1, -0.05) is 13.8 Å². The lowest BCUT2D eigenvalue weighted by Gasteiger charge is -2.18. The molecule has 19 heteroatoms. The minimum absolute atomic E-state index is 0.0310. The summed E-state index contributed by atoms with van der Waals surface area (Å²) in [6.07, 6.45) is 1.22. The zero-order valence-corrected chi connectivity index (χ0v) is 50.9. The Morgan fingerprint density at radius 3 is 0.967 bits per heavy atom. The monoisotopic (exact) mass is 1240 g/mol. The van der Waals surface area contributed by atoms with Crippen molar-refractivity contribution in [3.63, 3.8) is 0 Å². The maximum atomic E-state index is 14.2.